The predicted molar refractivity (Wildman–Crippen MR) is 60.9 cm³/mol. The van der Waals surface area contributed by atoms with E-state index in [1.165, 1.54) is 0 Å². The van der Waals surface area contributed by atoms with Crippen molar-refractivity contribution in [2.45, 2.75) is 0 Å². The zero-order valence-corrected chi connectivity index (χ0v) is 8.84. The highest BCUT2D eigenvalue weighted by Gasteiger charge is 2.01. The maximum absolute atomic E-state index is 8.80. The topological polar surface area (TPSA) is 45.9 Å². The van der Waals surface area contributed by atoms with Crippen molar-refractivity contribution in [1.29, 1.82) is 5.26 Å². The molecule has 16 heavy (non-hydrogen) atoms. The molecule has 0 spiro atoms. The molecule has 3 heteroatoms. The normalized spacial score (nSPS) is 9.50. The Morgan fingerprint density at radius 1 is 1.19 bits per heavy atom. The Kier molecular flexibility index (Phi) is 2.84. The second-order valence-electron chi connectivity index (χ2n) is 3.31. The second kappa shape index (κ2) is 4.45. The molecule has 1 aromatic carbocycles. The summed E-state index contributed by atoms with van der Waals surface area (Å²) >= 11 is 0. The lowest BCUT2D eigenvalue weighted by molar-refractivity contribution is 0.415. The van der Waals surface area contributed by atoms with Crippen molar-refractivity contribution in [1.82, 2.24) is 4.98 Å². The van der Waals surface area contributed by atoms with E-state index in [2.05, 4.69) is 11.1 Å². The van der Waals surface area contributed by atoms with E-state index in [1.807, 2.05) is 30.3 Å². The molecular weight excluding hydrogens is 200 g/mol. The number of aromatic nitrogens is 1. The molecule has 0 aliphatic heterocycles. The molecule has 0 aliphatic rings. The van der Waals surface area contributed by atoms with Gasteiger partial charge < -0.3 is 4.74 Å². The lowest BCUT2D eigenvalue weighted by Crippen LogP contribution is -1.85. The van der Waals surface area contributed by atoms with Gasteiger partial charge in [0.25, 0.3) is 0 Å². The van der Waals surface area contributed by atoms with Gasteiger partial charge in [-0.15, -0.1) is 0 Å². The van der Waals surface area contributed by atoms with Gasteiger partial charge in [-0.25, -0.2) is 0 Å². The smallest absolute Gasteiger partial charge is 0.119 e. The molecule has 0 N–H and O–H groups in total. The molecular formula is C13H10N2O. The quantitative estimate of drug-likeness (QED) is 0.765. The number of hydrogen-bond donors (Lipinski definition) is 0. The van der Waals surface area contributed by atoms with Gasteiger partial charge in [-0.3, -0.25) is 4.98 Å². The minimum absolute atomic E-state index is 0.556. The molecule has 0 saturated carbocycles. The summed E-state index contributed by atoms with van der Waals surface area (Å²) in [4.78, 5) is 4.02. The maximum atomic E-state index is 8.80. The van der Waals surface area contributed by atoms with Crippen molar-refractivity contribution in [2.75, 3.05) is 7.11 Å². The SMILES string of the molecule is COc1cccc(-c2cncc(C#N)c2)c1. The van der Waals surface area contributed by atoms with Crippen molar-refractivity contribution >= 4 is 0 Å². The number of rotatable bonds is 2. The van der Waals surface area contributed by atoms with Crippen molar-refractivity contribution in [3.8, 4) is 22.9 Å². The van der Waals surface area contributed by atoms with Crippen LogP contribution in [0.5, 0.6) is 5.75 Å². The van der Waals surface area contributed by atoms with Crippen LogP contribution in [0.3, 0.4) is 0 Å². The van der Waals surface area contributed by atoms with Gasteiger partial charge in [-0.1, -0.05) is 12.1 Å². The van der Waals surface area contributed by atoms with Crippen LogP contribution in [-0.4, -0.2) is 12.1 Å². The summed E-state index contributed by atoms with van der Waals surface area (Å²) in [5.41, 5.74) is 2.46. The first-order valence-electron chi connectivity index (χ1n) is 4.83. The van der Waals surface area contributed by atoms with Gasteiger partial charge in [0.1, 0.15) is 11.8 Å². The van der Waals surface area contributed by atoms with E-state index in [4.69, 9.17) is 10.00 Å². The molecule has 1 heterocycles. The number of nitrogens with zero attached hydrogens (tertiary/aromatic N) is 2. The lowest BCUT2D eigenvalue weighted by Gasteiger charge is -2.04. The number of pyridine rings is 1. The fraction of sp³-hybridized carbons (Fsp3) is 0.0769. The van der Waals surface area contributed by atoms with Crippen molar-refractivity contribution in [3.63, 3.8) is 0 Å². The number of benzene rings is 1. The van der Waals surface area contributed by atoms with E-state index in [9.17, 15) is 0 Å². The summed E-state index contributed by atoms with van der Waals surface area (Å²) in [5.74, 6) is 0.792. The van der Waals surface area contributed by atoms with Gasteiger partial charge in [-0.05, 0) is 23.8 Å². The first-order chi connectivity index (χ1) is 7.83. The fourth-order valence-electron chi connectivity index (χ4n) is 1.46. The molecule has 0 fully saturated rings. The first kappa shape index (κ1) is 10.2. The first-order valence-corrected chi connectivity index (χ1v) is 4.83. The van der Waals surface area contributed by atoms with Gasteiger partial charge in [0.2, 0.25) is 0 Å². The molecule has 3 nitrogen and oxygen atoms in total. The summed E-state index contributed by atoms with van der Waals surface area (Å²) in [6.07, 6.45) is 3.28. The van der Waals surface area contributed by atoms with Crippen LogP contribution in [0.25, 0.3) is 11.1 Å². The zero-order valence-electron chi connectivity index (χ0n) is 8.84. The van der Waals surface area contributed by atoms with Crippen molar-refractivity contribution < 1.29 is 4.74 Å². The molecule has 0 aliphatic carbocycles. The molecule has 0 unspecified atom stereocenters. The predicted octanol–water partition coefficient (Wildman–Crippen LogP) is 2.63. The highest BCUT2D eigenvalue weighted by molar-refractivity contribution is 5.65. The Hall–Kier alpha value is -2.34. The Bertz CT molecular complexity index is 544. The molecule has 0 atom stereocenters. The third-order valence-corrected chi connectivity index (χ3v) is 2.27. The summed E-state index contributed by atoms with van der Waals surface area (Å²) in [5, 5.41) is 8.80. The number of ether oxygens (including phenoxy) is 1. The van der Waals surface area contributed by atoms with Crippen LogP contribution in [0.2, 0.25) is 0 Å². The monoisotopic (exact) mass is 210 g/mol. The molecule has 0 amide bonds. The van der Waals surface area contributed by atoms with Crippen LogP contribution in [0, 0.1) is 11.3 Å². The van der Waals surface area contributed by atoms with Crippen LogP contribution in [0.1, 0.15) is 5.56 Å². The standard InChI is InChI=1S/C13H10N2O/c1-16-13-4-2-3-11(6-13)12-5-10(7-14)8-15-9-12/h2-6,8-9H,1H3. The van der Waals surface area contributed by atoms with Crippen LogP contribution >= 0.6 is 0 Å². The Labute approximate surface area is 93.9 Å². The van der Waals surface area contributed by atoms with Gasteiger partial charge >= 0.3 is 0 Å². The van der Waals surface area contributed by atoms with Crippen LogP contribution in [-0.2, 0) is 0 Å². The van der Waals surface area contributed by atoms with Crippen LogP contribution in [0.15, 0.2) is 42.7 Å². The third-order valence-electron chi connectivity index (χ3n) is 2.27. The van der Waals surface area contributed by atoms with E-state index in [0.717, 1.165) is 16.9 Å². The Morgan fingerprint density at radius 2 is 2.06 bits per heavy atom. The second-order valence-corrected chi connectivity index (χ2v) is 3.31. The zero-order chi connectivity index (χ0) is 11.4. The largest absolute Gasteiger partial charge is 0.497 e. The van der Waals surface area contributed by atoms with E-state index < -0.39 is 0 Å². The van der Waals surface area contributed by atoms with Gasteiger partial charge in [0, 0.05) is 18.0 Å². The summed E-state index contributed by atoms with van der Waals surface area (Å²) in [6, 6.07) is 11.5. The fourth-order valence-corrected chi connectivity index (χ4v) is 1.46. The summed E-state index contributed by atoms with van der Waals surface area (Å²) in [6.45, 7) is 0. The summed E-state index contributed by atoms with van der Waals surface area (Å²) < 4.78 is 5.15. The minimum atomic E-state index is 0.556. The van der Waals surface area contributed by atoms with E-state index in [1.54, 1.807) is 19.5 Å². The molecule has 2 rings (SSSR count). The van der Waals surface area contributed by atoms with Crippen LogP contribution in [0.4, 0.5) is 0 Å². The van der Waals surface area contributed by atoms with Gasteiger partial charge in [-0.2, -0.15) is 5.26 Å². The highest BCUT2D eigenvalue weighted by Crippen LogP contribution is 2.23. The van der Waals surface area contributed by atoms with Crippen molar-refractivity contribution in [2.24, 2.45) is 0 Å². The average Bonchev–Trinajstić information content (AvgIpc) is 2.39. The molecule has 0 saturated heterocycles. The number of nitriles is 1. The summed E-state index contributed by atoms with van der Waals surface area (Å²) in [7, 11) is 1.63. The van der Waals surface area contributed by atoms with E-state index >= 15 is 0 Å². The molecule has 2 aromatic rings. The molecule has 0 radical (unpaired) electrons. The molecule has 0 bridgehead atoms. The number of hydrogen-bond acceptors (Lipinski definition) is 3. The molecule has 78 valence electrons. The van der Waals surface area contributed by atoms with E-state index in [-0.39, 0.29) is 0 Å². The van der Waals surface area contributed by atoms with Crippen LogP contribution < -0.4 is 4.74 Å². The molecule has 1 aromatic heterocycles. The minimum Gasteiger partial charge on any atom is -0.497 e. The highest BCUT2D eigenvalue weighted by atomic mass is 16.5. The van der Waals surface area contributed by atoms with Gasteiger partial charge in [0.05, 0.1) is 12.7 Å². The maximum Gasteiger partial charge on any atom is 0.119 e. The van der Waals surface area contributed by atoms with Crippen molar-refractivity contribution in [3.05, 3.63) is 48.3 Å². The van der Waals surface area contributed by atoms with Gasteiger partial charge in [0.15, 0.2) is 0 Å². The Balaban J connectivity index is 2.46. The lowest BCUT2D eigenvalue weighted by atomic mass is 10.1. The average molecular weight is 210 g/mol. The third kappa shape index (κ3) is 2.01. The Morgan fingerprint density at radius 3 is 2.81 bits per heavy atom. The van der Waals surface area contributed by atoms with E-state index in [0.29, 0.717) is 5.56 Å². The number of methoxy groups -OCH3 is 1.